The van der Waals surface area contributed by atoms with Crippen molar-refractivity contribution in [2.24, 2.45) is 0 Å². The summed E-state index contributed by atoms with van der Waals surface area (Å²) in [4.78, 5) is 23.6. The first-order valence-corrected chi connectivity index (χ1v) is 11.8. The third kappa shape index (κ3) is 4.45. The molecule has 0 saturated carbocycles. The number of hydrogen-bond acceptors (Lipinski definition) is 4. The fraction of sp³-hybridized carbons (Fsp3) is 0.154. The third-order valence-electron chi connectivity index (χ3n) is 5.63. The van der Waals surface area contributed by atoms with E-state index in [1.165, 1.54) is 17.4 Å². The van der Waals surface area contributed by atoms with Crippen LogP contribution in [0.15, 0.2) is 94.9 Å². The standard InChI is InChI=1S/C26H22ClN3OS/c27-19-7-6-10-21(17-19)32-25-18-23(22-11-4-5-12-24(22)28-25)26(31)30-15-13-29(14-16-30)20-8-2-1-3-9-20/h1-12,17-18H,13-16H2. The maximum Gasteiger partial charge on any atom is 0.254 e. The van der Waals surface area contributed by atoms with Crippen LogP contribution < -0.4 is 4.90 Å². The molecule has 1 aromatic heterocycles. The molecule has 1 aliphatic heterocycles. The largest absolute Gasteiger partial charge is 0.368 e. The van der Waals surface area contributed by atoms with Gasteiger partial charge in [0.05, 0.1) is 11.1 Å². The average molecular weight is 460 g/mol. The first kappa shape index (κ1) is 20.9. The van der Waals surface area contributed by atoms with Crippen LogP contribution in [0.3, 0.4) is 0 Å². The van der Waals surface area contributed by atoms with E-state index in [1.807, 2.05) is 65.6 Å². The summed E-state index contributed by atoms with van der Waals surface area (Å²) >= 11 is 7.66. The number of anilines is 1. The molecule has 32 heavy (non-hydrogen) atoms. The molecular weight excluding hydrogens is 438 g/mol. The van der Waals surface area contributed by atoms with Crippen molar-refractivity contribution < 1.29 is 4.79 Å². The van der Waals surface area contributed by atoms with Crippen LogP contribution in [0.2, 0.25) is 5.02 Å². The molecule has 1 amide bonds. The number of carbonyl (C=O) groups excluding carboxylic acids is 1. The van der Waals surface area contributed by atoms with Crippen LogP contribution in [0.25, 0.3) is 10.9 Å². The van der Waals surface area contributed by atoms with E-state index in [2.05, 4.69) is 29.2 Å². The zero-order valence-corrected chi connectivity index (χ0v) is 19.0. The van der Waals surface area contributed by atoms with E-state index in [0.29, 0.717) is 23.7 Å². The Hall–Kier alpha value is -3.02. The van der Waals surface area contributed by atoms with Crippen LogP contribution in [0.5, 0.6) is 0 Å². The highest BCUT2D eigenvalue weighted by Crippen LogP contribution is 2.31. The number of amides is 1. The van der Waals surface area contributed by atoms with E-state index < -0.39 is 0 Å². The van der Waals surface area contributed by atoms with Crippen molar-refractivity contribution in [3.05, 3.63) is 95.5 Å². The molecule has 2 heterocycles. The van der Waals surface area contributed by atoms with E-state index in [0.717, 1.165) is 33.9 Å². The van der Waals surface area contributed by atoms with Crippen molar-refractivity contribution in [3.63, 3.8) is 0 Å². The monoisotopic (exact) mass is 459 g/mol. The quantitative estimate of drug-likeness (QED) is 0.375. The highest BCUT2D eigenvalue weighted by Gasteiger charge is 2.24. The zero-order chi connectivity index (χ0) is 21.9. The van der Waals surface area contributed by atoms with Gasteiger partial charge in [0.15, 0.2) is 0 Å². The maximum atomic E-state index is 13.6. The summed E-state index contributed by atoms with van der Waals surface area (Å²) in [6, 6.07) is 27.8. The number of aromatic nitrogens is 1. The molecule has 0 bridgehead atoms. The highest BCUT2D eigenvalue weighted by atomic mass is 35.5. The van der Waals surface area contributed by atoms with E-state index in [-0.39, 0.29) is 5.91 Å². The topological polar surface area (TPSA) is 36.4 Å². The Bertz CT molecular complexity index is 1260. The van der Waals surface area contributed by atoms with Gasteiger partial charge in [-0.15, -0.1) is 0 Å². The lowest BCUT2D eigenvalue weighted by Crippen LogP contribution is -2.48. The molecule has 0 spiro atoms. The van der Waals surface area contributed by atoms with Gasteiger partial charge in [-0.3, -0.25) is 4.79 Å². The summed E-state index contributed by atoms with van der Waals surface area (Å²) in [6.45, 7) is 3.04. The van der Waals surface area contributed by atoms with Gasteiger partial charge in [-0.2, -0.15) is 0 Å². The SMILES string of the molecule is O=C(c1cc(Sc2cccc(Cl)c2)nc2ccccc12)N1CCN(c2ccccc2)CC1. The number of carbonyl (C=O) groups is 1. The number of para-hydroxylation sites is 2. The number of rotatable bonds is 4. The molecule has 1 aliphatic rings. The lowest BCUT2D eigenvalue weighted by molar-refractivity contribution is 0.0748. The zero-order valence-electron chi connectivity index (χ0n) is 17.4. The molecule has 4 aromatic rings. The van der Waals surface area contributed by atoms with Crippen LogP contribution in [0, 0.1) is 0 Å². The predicted molar refractivity (Wildman–Crippen MR) is 132 cm³/mol. The molecule has 3 aromatic carbocycles. The van der Waals surface area contributed by atoms with E-state index in [1.54, 1.807) is 0 Å². The second kappa shape index (κ2) is 9.23. The van der Waals surface area contributed by atoms with Crippen molar-refractivity contribution in [1.82, 2.24) is 9.88 Å². The Morgan fingerprint density at radius 3 is 2.38 bits per heavy atom. The first-order valence-electron chi connectivity index (χ1n) is 10.6. The fourth-order valence-electron chi connectivity index (χ4n) is 4.01. The number of halogens is 1. The molecule has 0 aliphatic carbocycles. The van der Waals surface area contributed by atoms with Gasteiger partial charge in [-0.25, -0.2) is 4.98 Å². The van der Waals surface area contributed by atoms with Crippen LogP contribution in [0.4, 0.5) is 5.69 Å². The Morgan fingerprint density at radius 2 is 1.59 bits per heavy atom. The number of nitrogens with zero attached hydrogens (tertiary/aromatic N) is 3. The smallest absolute Gasteiger partial charge is 0.254 e. The second-order valence-electron chi connectivity index (χ2n) is 7.70. The number of piperazine rings is 1. The van der Waals surface area contributed by atoms with Gasteiger partial charge in [0.25, 0.3) is 5.91 Å². The molecule has 6 heteroatoms. The summed E-state index contributed by atoms with van der Waals surface area (Å²) in [5.41, 5.74) is 2.73. The normalized spacial score (nSPS) is 14.0. The minimum Gasteiger partial charge on any atom is -0.368 e. The van der Waals surface area contributed by atoms with Gasteiger partial charge in [0.1, 0.15) is 5.03 Å². The van der Waals surface area contributed by atoms with Crippen molar-refractivity contribution >= 4 is 45.9 Å². The number of benzene rings is 3. The van der Waals surface area contributed by atoms with Gasteiger partial charge in [-0.05, 0) is 42.5 Å². The van der Waals surface area contributed by atoms with Gasteiger partial charge in [0.2, 0.25) is 0 Å². The van der Waals surface area contributed by atoms with Crippen molar-refractivity contribution in [1.29, 1.82) is 0 Å². The van der Waals surface area contributed by atoms with Crippen LogP contribution in [-0.4, -0.2) is 42.0 Å². The summed E-state index contributed by atoms with van der Waals surface area (Å²) in [6.07, 6.45) is 0. The Balaban J connectivity index is 1.41. The molecule has 0 radical (unpaired) electrons. The first-order chi connectivity index (χ1) is 15.7. The van der Waals surface area contributed by atoms with Crippen LogP contribution >= 0.6 is 23.4 Å². The minimum atomic E-state index is 0.0595. The molecule has 160 valence electrons. The molecule has 1 saturated heterocycles. The summed E-state index contributed by atoms with van der Waals surface area (Å²) in [5, 5.41) is 2.36. The van der Waals surface area contributed by atoms with Crippen LogP contribution in [-0.2, 0) is 0 Å². The molecule has 1 fully saturated rings. The van der Waals surface area contributed by atoms with Gasteiger partial charge in [0, 0.05) is 47.2 Å². The summed E-state index contributed by atoms with van der Waals surface area (Å²) < 4.78 is 0. The maximum absolute atomic E-state index is 13.6. The van der Waals surface area contributed by atoms with Gasteiger partial charge >= 0.3 is 0 Å². The van der Waals surface area contributed by atoms with Crippen LogP contribution in [0.1, 0.15) is 10.4 Å². The highest BCUT2D eigenvalue weighted by molar-refractivity contribution is 7.99. The Morgan fingerprint density at radius 1 is 0.844 bits per heavy atom. The number of pyridine rings is 1. The number of fused-ring (bicyclic) bond motifs is 1. The van der Waals surface area contributed by atoms with Gasteiger partial charge < -0.3 is 9.80 Å². The number of hydrogen-bond donors (Lipinski definition) is 0. The van der Waals surface area contributed by atoms with Gasteiger partial charge in [-0.1, -0.05) is 65.8 Å². The van der Waals surface area contributed by atoms with Crippen molar-refractivity contribution in [2.45, 2.75) is 9.92 Å². The molecular formula is C26H22ClN3OS. The Labute approximate surface area is 196 Å². The van der Waals surface area contributed by atoms with E-state index in [9.17, 15) is 4.79 Å². The van der Waals surface area contributed by atoms with Crippen molar-refractivity contribution in [2.75, 3.05) is 31.1 Å². The molecule has 5 rings (SSSR count). The summed E-state index contributed by atoms with van der Waals surface area (Å²) in [7, 11) is 0. The van der Waals surface area contributed by atoms with E-state index in [4.69, 9.17) is 16.6 Å². The Kier molecular flexibility index (Phi) is 6.02. The molecule has 0 unspecified atom stereocenters. The summed E-state index contributed by atoms with van der Waals surface area (Å²) in [5.74, 6) is 0.0595. The molecule has 0 N–H and O–H groups in total. The third-order valence-corrected chi connectivity index (χ3v) is 6.77. The lowest BCUT2D eigenvalue weighted by atomic mass is 10.1. The minimum absolute atomic E-state index is 0.0595. The lowest BCUT2D eigenvalue weighted by Gasteiger charge is -2.36. The average Bonchev–Trinajstić information content (AvgIpc) is 2.84. The van der Waals surface area contributed by atoms with E-state index >= 15 is 0 Å². The molecule has 4 nitrogen and oxygen atoms in total. The predicted octanol–water partition coefficient (Wildman–Crippen LogP) is 6.00. The second-order valence-corrected chi connectivity index (χ2v) is 9.23. The fourth-order valence-corrected chi connectivity index (χ4v) is 5.16. The van der Waals surface area contributed by atoms with Crippen molar-refractivity contribution in [3.8, 4) is 0 Å². The molecule has 0 atom stereocenters.